The van der Waals surface area contributed by atoms with E-state index >= 15 is 0 Å². The summed E-state index contributed by atoms with van der Waals surface area (Å²) < 4.78 is 0. The molecule has 29 heavy (non-hydrogen) atoms. The summed E-state index contributed by atoms with van der Waals surface area (Å²) in [5.74, 6) is 0. The van der Waals surface area contributed by atoms with E-state index in [1.807, 2.05) is 27.7 Å². The second-order valence-corrected chi connectivity index (χ2v) is 10.1. The minimum atomic E-state index is 0.191. The van der Waals surface area contributed by atoms with E-state index in [1.54, 1.807) is 7.11 Å². The van der Waals surface area contributed by atoms with Crippen molar-refractivity contribution in [3.05, 3.63) is 0 Å². The molecule has 2 saturated heterocycles. The molecule has 0 spiro atoms. The Labute approximate surface area is 184 Å². The molecule has 2 fully saturated rings. The highest BCUT2D eigenvalue weighted by Gasteiger charge is 2.42. The molecule has 0 bridgehead atoms. The predicted octanol–water partition coefficient (Wildman–Crippen LogP) is 7.62. The SMILES string of the molecule is CC.CC.CCON1C(C)(C)CCCC1(C)C.CON1C(C)(C)CCCC1(C)C. The molecule has 0 N–H and O–H groups in total. The molecule has 0 aliphatic carbocycles. The van der Waals surface area contributed by atoms with Gasteiger partial charge in [-0.05, 0) is 101 Å². The van der Waals surface area contributed by atoms with Gasteiger partial charge in [-0.1, -0.05) is 27.7 Å². The second-order valence-electron chi connectivity index (χ2n) is 10.1. The van der Waals surface area contributed by atoms with Crippen LogP contribution in [0.25, 0.3) is 0 Å². The van der Waals surface area contributed by atoms with Crippen molar-refractivity contribution in [3.63, 3.8) is 0 Å². The zero-order valence-electron chi connectivity index (χ0n) is 22.7. The summed E-state index contributed by atoms with van der Waals surface area (Å²) in [6.45, 7) is 28.9. The van der Waals surface area contributed by atoms with Gasteiger partial charge in [0, 0.05) is 22.2 Å². The number of hydrogen-bond donors (Lipinski definition) is 0. The molecule has 0 aromatic carbocycles. The average molecular weight is 417 g/mol. The summed E-state index contributed by atoms with van der Waals surface area (Å²) in [4.78, 5) is 11.2. The Morgan fingerprint density at radius 1 is 0.586 bits per heavy atom. The standard InChI is InChI=1S/C11H23NO.C10H21NO.2C2H6/c1-6-13-12-10(2,3)8-7-9-11(12,4)5;1-9(2)7-6-8-10(3,4)11(9)12-5;2*1-2/h6-9H2,1-5H3;6-8H2,1-5H3;2*1-2H3. The maximum atomic E-state index is 5.75. The van der Waals surface area contributed by atoms with Gasteiger partial charge < -0.3 is 4.84 Å². The summed E-state index contributed by atoms with van der Waals surface area (Å²) in [6, 6.07) is 0. The minimum Gasteiger partial charge on any atom is -0.301 e. The van der Waals surface area contributed by atoms with Gasteiger partial charge >= 0.3 is 0 Å². The molecule has 4 heteroatoms. The van der Waals surface area contributed by atoms with Crippen molar-refractivity contribution in [2.24, 2.45) is 0 Å². The molecule has 0 aromatic heterocycles. The van der Waals surface area contributed by atoms with Crippen LogP contribution in [0.15, 0.2) is 0 Å². The van der Waals surface area contributed by atoms with Crippen molar-refractivity contribution >= 4 is 0 Å². The van der Waals surface area contributed by atoms with E-state index in [0.717, 1.165) is 6.61 Å². The zero-order valence-corrected chi connectivity index (χ0v) is 22.7. The first-order valence-corrected chi connectivity index (χ1v) is 12.1. The van der Waals surface area contributed by atoms with Gasteiger partial charge in [0.1, 0.15) is 0 Å². The first-order valence-electron chi connectivity index (χ1n) is 12.1. The van der Waals surface area contributed by atoms with E-state index in [9.17, 15) is 0 Å². The fourth-order valence-electron chi connectivity index (χ4n) is 4.92. The zero-order chi connectivity index (χ0) is 23.5. The van der Waals surface area contributed by atoms with Gasteiger partial charge in [0.05, 0.1) is 13.7 Å². The number of hydroxylamine groups is 4. The number of piperidine rings is 2. The monoisotopic (exact) mass is 416 g/mol. The summed E-state index contributed by atoms with van der Waals surface area (Å²) in [5.41, 5.74) is 0.766. The second kappa shape index (κ2) is 13.3. The van der Waals surface area contributed by atoms with Crippen LogP contribution >= 0.6 is 0 Å². The topological polar surface area (TPSA) is 24.9 Å². The summed E-state index contributed by atoms with van der Waals surface area (Å²) in [5, 5.41) is 4.34. The van der Waals surface area contributed by atoms with E-state index in [1.165, 1.54) is 38.5 Å². The molecule has 0 amide bonds. The fraction of sp³-hybridized carbons (Fsp3) is 1.00. The van der Waals surface area contributed by atoms with Gasteiger partial charge in [0.2, 0.25) is 0 Å². The van der Waals surface area contributed by atoms with Gasteiger partial charge in [0.25, 0.3) is 0 Å². The van der Waals surface area contributed by atoms with Crippen LogP contribution < -0.4 is 0 Å². The average Bonchev–Trinajstić information content (AvgIpc) is 2.61. The Bertz CT molecular complexity index is 385. The van der Waals surface area contributed by atoms with Crippen LogP contribution in [-0.2, 0) is 9.68 Å². The molecule has 0 unspecified atom stereocenters. The molecule has 2 heterocycles. The third kappa shape index (κ3) is 9.25. The highest BCUT2D eigenvalue weighted by atomic mass is 16.7. The van der Waals surface area contributed by atoms with Crippen LogP contribution in [0.1, 0.15) is 129 Å². The summed E-state index contributed by atoms with van der Waals surface area (Å²) in [7, 11) is 1.77. The van der Waals surface area contributed by atoms with Crippen LogP contribution in [0.2, 0.25) is 0 Å². The molecule has 0 atom stereocenters. The van der Waals surface area contributed by atoms with Crippen molar-refractivity contribution in [2.45, 2.75) is 151 Å². The molecule has 2 aliphatic heterocycles. The van der Waals surface area contributed by atoms with Gasteiger partial charge in [0.15, 0.2) is 0 Å². The van der Waals surface area contributed by atoms with E-state index in [2.05, 4.69) is 72.4 Å². The van der Waals surface area contributed by atoms with Crippen LogP contribution in [0.3, 0.4) is 0 Å². The molecule has 178 valence electrons. The van der Waals surface area contributed by atoms with Gasteiger partial charge in [-0.15, -0.1) is 0 Å². The molecule has 4 nitrogen and oxygen atoms in total. The Kier molecular flexibility index (Phi) is 14.2. The van der Waals surface area contributed by atoms with Gasteiger partial charge in [-0.3, -0.25) is 4.84 Å². The first kappa shape index (κ1) is 31.0. The third-order valence-electron chi connectivity index (χ3n) is 5.79. The Morgan fingerprint density at radius 3 is 1.07 bits per heavy atom. The van der Waals surface area contributed by atoms with Crippen LogP contribution in [0.5, 0.6) is 0 Å². The Hall–Kier alpha value is -0.160. The lowest BCUT2D eigenvalue weighted by Gasteiger charge is -2.51. The number of hydrogen-bond acceptors (Lipinski definition) is 4. The van der Waals surface area contributed by atoms with E-state index in [-0.39, 0.29) is 22.2 Å². The maximum absolute atomic E-state index is 5.75. The number of rotatable bonds is 3. The quantitative estimate of drug-likeness (QED) is 0.472. The normalized spacial score (nSPS) is 24.6. The van der Waals surface area contributed by atoms with E-state index in [4.69, 9.17) is 9.68 Å². The van der Waals surface area contributed by atoms with E-state index < -0.39 is 0 Å². The molecule has 0 saturated carbocycles. The highest BCUT2D eigenvalue weighted by molar-refractivity contribution is 4.93. The molecule has 2 aliphatic rings. The summed E-state index contributed by atoms with van der Waals surface area (Å²) >= 11 is 0. The molecule has 2 rings (SSSR count). The van der Waals surface area contributed by atoms with Crippen molar-refractivity contribution in [1.29, 1.82) is 0 Å². The maximum Gasteiger partial charge on any atom is 0.0657 e. The van der Waals surface area contributed by atoms with Crippen LogP contribution in [0, 0.1) is 0 Å². The van der Waals surface area contributed by atoms with Crippen LogP contribution in [-0.4, -0.2) is 46.0 Å². The third-order valence-corrected chi connectivity index (χ3v) is 5.79. The van der Waals surface area contributed by atoms with Gasteiger partial charge in [-0.25, -0.2) is 0 Å². The minimum absolute atomic E-state index is 0.191. The highest BCUT2D eigenvalue weighted by Crippen LogP contribution is 2.38. The van der Waals surface area contributed by atoms with Crippen LogP contribution in [0.4, 0.5) is 0 Å². The Balaban J connectivity index is 0. The van der Waals surface area contributed by atoms with Crippen molar-refractivity contribution in [3.8, 4) is 0 Å². The molecular weight excluding hydrogens is 360 g/mol. The smallest absolute Gasteiger partial charge is 0.0657 e. The van der Waals surface area contributed by atoms with Gasteiger partial charge in [-0.2, -0.15) is 10.1 Å². The van der Waals surface area contributed by atoms with Crippen molar-refractivity contribution in [1.82, 2.24) is 10.1 Å². The first-order chi connectivity index (χ1) is 13.3. The fourth-order valence-corrected chi connectivity index (χ4v) is 4.92. The number of nitrogens with zero attached hydrogens (tertiary/aromatic N) is 2. The predicted molar refractivity (Wildman–Crippen MR) is 129 cm³/mol. The summed E-state index contributed by atoms with van der Waals surface area (Å²) in [6.07, 6.45) is 7.53. The lowest BCUT2D eigenvalue weighted by Crippen LogP contribution is -2.58. The van der Waals surface area contributed by atoms with E-state index in [0.29, 0.717) is 0 Å². The van der Waals surface area contributed by atoms with Crippen molar-refractivity contribution < 1.29 is 9.68 Å². The molecule has 0 aromatic rings. The Morgan fingerprint density at radius 2 is 0.862 bits per heavy atom. The molecule has 0 radical (unpaired) electrons. The van der Waals surface area contributed by atoms with Crippen molar-refractivity contribution in [2.75, 3.05) is 13.7 Å². The lowest BCUT2D eigenvalue weighted by molar-refractivity contribution is -0.278. The lowest BCUT2D eigenvalue weighted by atomic mass is 9.82. The molecular formula is C25H56N2O2. The largest absolute Gasteiger partial charge is 0.301 e.